The number of rotatable bonds is 20. The number of benzene rings is 1. The zero-order valence-corrected chi connectivity index (χ0v) is 49.6. The lowest BCUT2D eigenvalue weighted by Crippen LogP contribution is -2.62. The van der Waals surface area contributed by atoms with Gasteiger partial charge in [-0.15, -0.1) is 0 Å². The maximum atomic E-state index is 14.8. The number of nitrogens with zero attached hydrogens (tertiary/aromatic N) is 2. The molecule has 1 amide bonds. The number of hydrogen-bond donors (Lipinski definition) is 5. The van der Waals surface area contributed by atoms with Crippen molar-refractivity contribution in [2.45, 2.75) is 250 Å². The minimum absolute atomic E-state index is 0.0312. The summed E-state index contributed by atoms with van der Waals surface area (Å²) < 4.78 is 51.4. The lowest BCUT2D eigenvalue weighted by atomic mass is 9.73. The van der Waals surface area contributed by atoms with Crippen LogP contribution in [0.5, 0.6) is 0 Å². The fourth-order valence-corrected chi connectivity index (χ4v) is 12.6. The van der Waals surface area contributed by atoms with E-state index in [0.717, 1.165) is 32.1 Å². The molecule has 5 rings (SSSR count). The number of aliphatic hydroxyl groups excluding tert-OH is 1. The lowest BCUT2D eigenvalue weighted by Gasteiger charge is -2.49. The van der Waals surface area contributed by atoms with E-state index in [1.54, 1.807) is 48.5 Å². The molecule has 1 aliphatic carbocycles. The summed E-state index contributed by atoms with van der Waals surface area (Å²) in [6, 6.07) is 9.81. The summed E-state index contributed by atoms with van der Waals surface area (Å²) in [7, 11) is 5.29. The van der Waals surface area contributed by atoms with Gasteiger partial charge >= 0.3 is 18.0 Å². The van der Waals surface area contributed by atoms with Gasteiger partial charge in [0.15, 0.2) is 24.8 Å². The fraction of sp³-hybridized carbons (Fsp3) is 0.831. The molecule has 446 valence electrons. The minimum atomic E-state index is -1.98. The molecule has 4 aliphatic rings. The molecule has 3 heterocycles. The summed E-state index contributed by atoms with van der Waals surface area (Å²) in [6.07, 6.45) is 0.0869. The van der Waals surface area contributed by atoms with Crippen molar-refractivity contribution < 1.29 is 72.4 Å². The predicted octanol–water partition coefficient (Wildman–Crippen LogP) is 7.78. The second-order valence-corrected chi connectivity index (χ2v) is 24.0. The predicted molar refractivity (Wildman–Crippen MR) is 295 cm³/mol. The van der Waals surface area contributed by atoms with Crippen molar-refractivity contribution in [1.29, 1.82) is 0 Å². The van der Waals surface area contributed by atoms with Gasteiger partial charge in [0.1, 0.15) is 23.9 Å². The van der Waals surface area contributed by atoms with Crippen LogP contribution in [0.25, 0.3) is 0 Å². The number of oxime groups is 1. The number of aryl methyl sites for hydroxylation is 1. The molecule has 1 aromatic carbocycles. The topological polar surface area (TPSA) is 235 Å². The third-order valence-electron chi connectivity index (χ3n) is 17.1. The number of carbonyl (C=O) groups excluding carboxylic acids is 3. The van der Waals surface area contributed by atoms with Crippen molar-refractivity contribution in [3.63, 3.8) is 0 Å². The standard InChI is InChI=1S/C59H100N4O15/c1-15-46-59(11,69)51(65)38(4)48(62-71-32-24-30-44-27-20-17-21-28-44)36(2)34-57(9,68)52(39(5)49(40(6)54(66)75-46)76-47-35-58(10,70-14)53(41(7)73-47)74-42(8)64)78-55-50(45(63(12)13)33-37(3)72-55)77-56(67)61-60-31-23-22-29-43-25-18-16-19-26-43/h16,18-19,25-26,36-41,44-47,49-53,55,60,65,68-69H,15,17,20-24,27-35H2,1-14H3,(H,61,67)/b62-48+/t36-,37-,38-,39+,40-,41+,45+,46+,47+,49+,50-,51-,52-,53+,55+,57?,58-,59-/m1/s1. The van der Waals surface area contributed by atoms with Crippen LogP contribution in [0.2, 0.25) is 0 Å². The summed E-state index contributed by atoms with van der Waals surface area (Å²) in [6.45, 7) is 19.5. The number of unbranched alkanes of at least 4 members (excludes halogenated alkanes) is 1. The summed E-state index contributed by atoms with van der Waals surface area (Å²) in [4.78, 5) is 48.9. The molecule has 19 heteroatoms. The van der Waals surface area contributed by atoms with Gasteiger partial charge in [0, 0.05) is 44.8 Å². The Morgan fingerprint density at radius 3 is 2.21 bits per heavy atom. The minimum Gasteiger partial charge on any atom is -0.459 e. The Labute approximate surface area is 465 Å². The summed E-state index contributed by atoms with van der Waals surface area (Å²) in [5.41, 5.74) is 2.42. The van der Waals surface area contributed by atoms with Crippen LogP contribution in [0.3, 0.4) is 0 Å². The van der Waals surface area contributed by atoms with E-state index in [1.165, 1.54) is 58.6 Å². The number of likely N-dealkylation sites (N-methyl/N-ethyl adjacent to an activating group) is 1. The first-order valence-electron chi connectivity index (χ1n) is 29.1. The number of cyclic esters (lactones) is 1. The highest BCUT2D eigenvalue weighted by Gasteiger charge is 2.55. The number of hydrazine groups is 1. The van der Waals surface area contributed by atoms with Crippen LogP contribution in [-0.4, -0.2) is 163 Å². The third kappa shape index (κ3) is 17.8. The summed E-state index contributed by atoms with van der Waals surface area (Å²) >= 11 is 0. The van der Waals surface area contributed by atoms with Crippen LogP contribution in [0.15, 0.2) is 35.5 Å². The van der Waals surface area contributed by atoms with Crippen LogP contribution < -0.4 is 10.9 Å². The number of esters is 2. The molecule has 1 saturated carbocycles. The molecule has 3 aliphatic heterocycles. The van der Waals surface area contributed by atoms with Gasteiger partial charge in [-0.25, -0.2) is 10.2 Å². The summed E-state index contributed by atoms with van der Waals surface area (Å²) in [5.74, 6) is -4.12. The Morgan fingerprint density at radius 1 is 0.872 bits per heavy atom. The average Bonchev–Trinajstić information content (AvgIpc) is 3.46. The Hall–Kier alpha value is -3.50. The Balaban J connectivity index is 1.55. The first-order chi connectivity index (χ1) is 36.8. The number of aliphatic hydroxyl groups is 3. The van der Waals surface area contributed by atoms with E-state index < -0.39 is 126 Å². The largest absolute Gasteiger partial charge is 0.459 e. The van der Waals surface area contributed by atoms with Crippen molar-refractivity contribution >= 4 is 23.7 Å². The number of ether oxygens (including phenoxy) is 8. The molecule has 5 N–H and O–H groups in total. The number of carbonyl (C=O) groups is 3. The van der Waals surface area contributed by atoms with Crippen molar-refractivity contribution in [3.05, 3.63) is 35.9 Å². The fourth-order valence-electron chi connectivity index (χ4n) is 12.6. The van der Waals surface area contributed by atoms with Gasteiger partial charge in [0.2, 0.25) is 0 Å². The number of methoxy groups -OCH3 is 1. The van der Waals surface area contributed by atoms with Crippen molar-refractivity contribution in [2.75, 3.05) is 34.4 Å². The molecule has 0 aromatic heterocycles. The smallest absolute Gasteiger partial charge is 0.422 e. The zero-order valence-electron chi connectivity index (χ0n) is 49.6. The molecule has 18 atom stereocenters. The van der Waals surface area contributed by atoms with E-state index >= 15 is 0 Å². The van der Waals surface area contributed by atoms with E-state index in [9.17, 15) is 29.7 Å². The van der Waals surface area contributed by atoms with E-state index in [-0.39, 0.29) is 19.3 Å². The van der Waals surface area contributed by atoms with Crippen LogP contribution >= 0.6 is 0 Å². The van der Waals surface area contributed by atoms with Gasteiger partial charge in [0.05, 0.1) is 53.8 Å². The molecule has 78 heavy (non-hydrogen) atoms. The third-order valence-corrected chi connectivity index (χ3v) is 17.1. The maximum Gasteiger partial charge on any atom is 0.422 e. The molecule has 0 spiro atoms. The van der Waals surface area contributed by atoms with Crippen LogP contribution in [0, 0.1) is 29.6 Å². The van der Waals surface area contributed by atoms with E-state index in [1.807, 2.05) is 51.0 Å². The average molecular weight is 1110 g/mol. The summed E-state index contributed by atoms with van der Waals surface area (Å²) in [5, 5.41) is 42.6. The zero-order chi connectivity index (χ0) is 57.5. The molecule has 0 radical (unpaired) electrons. The van der Waals surface area contributed by atoms with Crippen molar-refractivity contribution in [2.24, 2.45) is 34.7 Å². The van der Waals surface area contributed by atoms with E-state index in [2.05, 4.69) is 23.0 Å². The Kier molecular flexibility index (Phi) is 25.1. The van der Waals surface area contributed by atoms with Crippen LogP contribution in [-0.2, 0) is 58.7 Å². The first-order valence-corrected chi connectivity index (χ1v) is 29.1. The van der Waals surface area contributed by atoms with Crippen LogP contribution in [0.1, 0.15) is 165 Å². The van der Waals surface area contributed by atoms with Crippen molar-refractivity contribution in [3.8, 4) is 0 Å². The Morgan fingerprint density at radius 2 is 1.56 bits per heavy atom. The van der Waals surface area contributed by atoms with E-state index in [0.29, 0.717) is 31.2 Å². The molecule has 4 fully saturated rings. The number of nitrogens with one attached hydrogen (secondary N) is 2. The molecule has 1 aromatic rings. The van der Waals surface area contributed by atoms with E-state index in [4.69, 9.17) is 47.9 Å². The second kappa shape index (κ2) is 30.0. The quantitative estimate of drug-likeness (QED) is 0.0363. The monoisotopic (exact) mass is 1100 g/mol. The SMILES string of the molecule is CC[C@@H]1OC(=O)[C@H](C)[C@@H](O[C@H]2C[C@@](C)(OC)[C@@H](OC(C)=O)[C@H](C)O2)[C@H](C)[C@@H](O[C@@H]2O[C@H](C)C[C@H](N(C)C)[C@H]2OC(=O)NNCCCCc2ccccc2)C(C)(O)C[C@@H](C)/C(=N\OCCCC2CCCCC2)[C@@H](C)[C@@H](O)[C@]1(C)O. The van der Waals surface area contributed by atoms with Gasteiger partial charge in [-0.05, 0) is 118 Å². The Bertz CT molecular complexity index is 2020. The molecular formula is C59H100N4O15. The van der Waals surface area contributed by atoms with Crippen molar-refractivity contribution in [1.82, 2.24) is 15.8 Å². The molecule has 3 saturated heterocycles. The highest BCUT2D eigenvalue weighted by Crippen LogP contribution is 2.42. The molecule has 0 bridgehead atoms. The molecule has 1 unspecified atom stereocenters. The van der Waals surface area contributed by atoms with Crippen LogP contribution in [0.4, 0.5) is 4.79 Å². The number of hydrogen-bond acceptors (Lipinski definition) is 18. The maximum absolute atomic E-state index is 14.8. The lowest BCUT2D eigenvalue weighted by molar-refractivity contribution is -0.318. The van der Waals surface area contributed by atoms with Gasteiger partial charge in [-0.1, -0.05) is 95.3 Å². The highest BCUT2D eigenvalue weighted by molar-refractivity contribution is 5.88. The molecule has 19 nitrogen and oxygen atoms in total. The second-order valence-electron chi connectivity index (χ2n) is 24.0. The van der Waals surface area contributed by atoms with Gasteiger partial charge in [0.25, 0.3) is 0 Å². The number of amides is 1. The normalized spacial score (nSPS) is 38.3. The molecular weight excluding hydrogens is 1000 g/mol. The highest BCUT2D eigenvalue weighted by atomic mass is 16.7. The van der Waals surface area contributed by atoms with Gasteiger partial charge < -0.3 is 63.0 Å². The van der Waals surface area contributed by atoms with Gasteiger partial charge in [-0.3, -0.25) is 15.0 Å². The first kappa shape index (κ1) is 65.3. The van der Waals surface area contributed by atoms with Gasteiger partial charge in [-0.2, -0.15) is 0 Å².